The molecule has 0 bridgehead atoms. The van der Waals surface area contributed by atoms with Gasteiger partial charge in [0.15, 0.2) is 0 Å². The summed E-state index contributed by atoms with van der Waals surface area (Å²) in [5, 5.41) is 4.55. The molecule has 110 valence electrons. The molecule has 1 N–H and O–H groups in total. The predicted molar refractivity (Wildman–Crippen MR) is 89.9 cm³/mol. The Morgan fingerprint density at radius 2 is 1.81 bits per heavy atom. The predicted octanol–water partition coefficient (Wildman–Crippen LogP) is 4.66. The van der Waals surface area contributed by atoms with Crippen LogP contribution in [0.2, 0.25) is 5.02 Å². The van der Waals surface area contributed by atoms with Crippen molar-refractivity contribution >= 4 is 11.6 Å². The molecule has 0 amide bonds. The molecule has 1 nitrogen and oxygen atoms in total. The summed E-state index contributed by atoms with van der Waals surface area (Å²) >= 11 is 6.32. The van der Waals surface area contributed by atoms with Crippen LogP contribution in [0.25, 0.3) is 0 Å². The number of benzene rings is 2. The van der Waals surface area contributed by atoms with Crippen LogP contribution in [0.5, 0.6) is 0 Å². The molecule has 2 aromatic rings. The van der Waals surface area contributed by atoms with Crippen molar-refractivity contribution in [2.24, 2.45) is 5.92 Å². The van der Waals surface area contributed by atoms with E-state index in [1.165, 1.54) is 17.5 Å². The molecule has 0 aliphatic heterocycles. The highest BCUT2D eigenvalue weighted by Crippen LogP contribution is 2.50. The lowest BCUT2D eigenvalue weighted by Crippen LogP contribution is -2.33. The Morgan fingerprint density at radius 3 is 2.52 bits per heavy atom. The minimum atomic E-state index is 0.514. The highest BCUT2D eigenvalue weighted by Gasteiger charge is 2.43. The monoisotopic (exact) mass is 299 g/mol. The van der Waals surface area contributed by atoms with E-state index in [-0.39, 0.29) is 0 Å². The second-order valence-electron chi connectivity index (χ2n) is 5.88. The molecule has 1 saturated carbocycles. The molecule has 3 rings (SSSR count). The summed E-state index contributed by atoms with van der Waals surface area (Å²) in [6, 6.07) is 19.6. The second kappa shape index (κ2) is 6.64. The van der Waals surface area contributed by atoms with Gasteiger partial charge in [-0.1, -0.05) is 67.1 Å². The zero-order valence-corrected chi connectivity index (χ0v) is 13.2. The first-order valence-electron chi connectivity index (χ1n) is 7.81. The van der Waals surface area contributed by atoms with E-state index in [1.807, 2.05) is 12.1 Å². The Balaban J connectivity index is 1.70. The summed E-state index contributed by atoms with van der Waals surface area (Å²) in [6.45, 7) is 3.19. The number of rotatable bonds is 6. The molecule has 0 spiro atoms. The van der Waals surface area contributed by atoms with Crippen molar-refractivity contribution in [3.8, 4) is 0 Å². The Bertz CT molecular complexity index is 581. The first kappa shape index (κ1) is 14.6. The van der Waals surface area contributed by atoms with Gasteiger partial charge in [0.1, 0.15) is 0 Å². The Labute approximate surface area is 132 Å². The third-order valence-corrected chi connectivity index (χ3v) is 4.82. The molecule has 0 saturated heterocycles. The van der Waals surface area contributed by atoms with Gasteiger partial charge in [0.25, 0.3) is 0 Å². The number of nitrogens with one attached hydrogen (secondary N) is 1. The third-order valence-electron chi connectivity index (χ3n) is 4.45. The highest BCUT2D eigenvalue weighted by atomic mass is 35.5. The van der Waals surface area contributed by atoms with E-state index in [2.05, 4.69) is 54.7 Å². The van der Waals surface area contributed by atoms with Gasteiger partial charge in [-0.25, -0.2) is 0 Å². The van der Waals surface area contributed by atoms with E-state index in [0.717, 1.165) is 23.9 Å². The Kier molecular flexibility index (Phi) is 4.62. The average Bonchev–Trinajstić information content (AvgIpc) is 3.30. The lowest BCUT2D eigenvalue weighted by Gasteiger charge is -2.19. The Hall–Kier alpha value is -1.31. The molecule has 2 heteroatoms. The largest absolute Gasteiger partial charge is 0.314 e. The molecule has 0 radical (unpaired) electrons. The van der Waals surface area contributed by atoms with Crippen molar-refractivity contribution in [3.05, 3.63) is 70.7 Å². The van der Waals surface area contributed by atoms with Crippen LogP contribution in [0, 0.1) is 5.92 Å². The fourth-order valence-corrected chi connectivity index (χ4v) is 3.49. The summed E-state index contributed by atoms with van der Waals surface area (Å²) in [5.41, 5.74) is 2.73. The molecule has 3 atom stereocenters. The van der Waals surface area contributed by atoms with Crippen molar-refractivity contribution < 1.29 is 0 Å². The molecule has 21 heavy (non-hydrogen) atoms. The van der Waals surface area contributed by atoms with Crippen LogP contribution in [0.3, 0.4) is 0 Å². The topological polar surface area (TPSA) is 12.0 Å². The lowest BCUT2D eigenvalue weighted by atomic mass is 9.98. The van der Waals surface area contributed by atoms with Gasteiger partial charge in [0, 0.05) is 11.1 Å². The van der Waals surface area contributed by atoms with Crippen molar-refractivity contribution in [3.63, 3.8) is 0 Å². The normalized spacial score (nSPS) is 22.0. The van der Waals surface area contributed by atoms with Gasteiger partial charge in [0.2, 0.25) is 0 Å². The first-order valence-corrected chi connectivity index (χ1v) is 8.19. The van der Waals surface area contributed by atoms with E-state index in [9.17, 15) is 0 Å². The molecule has 1 fully saturated rings. The van der Waals surface area contributed by atoms with Gasteiger partial charge in [-0.2, -0.15) is 0 Å². The van der Waals surface area contributed by atoms with E-state index in [4.69, 9.17) is 11.6 Å². The summed E-state index contributed by atoms with van der Waals surface area (Å²) in [6.07, 6.45) is 2.30. The highest BCUT2D eigenvalue weighted by molar-refractivity contribution is 6.31. The standard InChI is InChI=1S/C19H22ClN/c1-2-21-19(12-15-10-6-7-11-18(15)20)17-13-16(17)14-8-4-3-5-9-14/h3-11,16-17,19,21H,2,12-13H2,1H3. The summed E-state index contributed by atoms with van der Waals surface area (Å²) in [4.78, 5) is 0. The van der Waals surface area contributed by atoms with Crippen LogP contribution in [-0.2, 0) is 6.42 Å². The summed E-state index contributed by atoms with van der Waals surface area (Å²) < 4.78 is 0. The molecule has 3 unspecified atom stereocenters. The number of hydrogen-bond acceptors (Lipinski definition) is 1. The quantitative estimate of drug-likeness (QED) is 0.818. The maximum absolute atomic E-state index is 6.32. The minimum Gasteiger partial charge on any atom is -0.314 e. The van der Waals surface area contributed by atoms with E-state index in [1.54, 1.807) is 0 Å². The van der Waals surface area contributed by atoms with Crippen LogP contribution in [0.1, 0.15) is 30.4 Å². The molecule has 1 aliphatic carbocycles. The van der Waals surface area contributed by atoms with Crippen LogP contribution >= 0.6 is 11.6 Å². The molecular weight excluding hydrogens is 278 g/mol. The summed E-state index contributed by atoms with van der Waals surface area (Å²) in [5.74, 6) is 1.43. The molecule has 0 heterocycles. The fraction of sp³-hybridized carbons (Fsp3) is 0.368. The number of hydrogen-bond donors (Lipinski definition) is 1. The van der Waals surface area contributed by atoms with Gasteiger partial charge in [-0.15, -0.1) is 0 Å². The third kappa shape index (κ3) is 3.48. The lowest BCUT2D eigenvalue weighted by molar-refractivity contribution is 0.464. The maximum atomic E-state index is 6.32. The average molecular weight is 300 g/mol. The van der Waals surface area contributed by atoms with Gasteiger partial charge < -0.3 is 5.32 Å². The maximum Gasteiger partial charge on any atom is 0.0438 e. The first-order chi connectivity index (χ1) is 10.3. The smallest absolute Gasteiger partial charge is 0.0438 e. The molecule has 2 aromatic carbocycles. The van der Waals surface area contributed by atoms with Gasteiger partial charge in [-0.3, -0.25) is 0 Å². The molecule has 1 aliphatic rings. The molecule has 0 aromatic heterocycles. The van der Waals surface area contributed by atoms with Crippen LogP contribution in [-0.4, -0.2) is 12.6 Å². The van der Waals surface area contributed by atoms with E-state index < -0.39 is 0 Å². The van der Waals surface area contributed by atoms with Crippen LogP contribution < -0.4 is 5.32 Å². The van der Waals surface area contributed by atoms with Crippen LogP contribution in [0.4, 0.5) is 0 Å². The van der Waals surface area contributed by atoms with Crippen LogP contribution in [0.15, 0.2) is 54.6 Å². The Morgan fingerprint density at radius 1 is 1.10 bits per heavy atom. The van der Waals surface area contributed by atoms with Crippen molar-refractivity contribution in [2.75, 3.05) is 6.54 Å². The molecular formula is C19H22ClN. The zero-order chi connectivity index (χ0) is 14.7. The number of likely N-dealkylation sites (N-methyl/N-ethyl adjacent to an activating group) is 1. The second-order valence-corrected chi connectivity index (χ2v) is 6.28. The zero-order valence-electron chi connectivity index (χ0n) is 12.4. The summed E-state index contributed by atoms with van der Waals surface area (Å²) in [7, 11) is 0. The minimum absolute atomic E-state index is 0.514. The van der Waals surface area contributed by atoms with Gasteiger partial charge in [0.05, 0.1) is 0 Å². The SMILES string of the molecule is CCNC(Cc1ccccc1Cl)C1CC1c1ccccc1. The van der Waals surface area contributed by atoms with Crippen molar-refractivity contribution in [2.45, 2.75) is 31.7 Å². The van der Waals surface area contributed by atoms with Gasteiger partial charge >= 0.3 is 0 Å². The van der Waals surface area contributed by atoms with E-state index in [0.29, 0.717) is 12.0 Å². The number of halogens is 1. The fourth-order valence-electron chi connectivity index (χ4n) is 3.28. The van der Waals surface area contributed by atoms with Crippen molar-refractivity contribution in [1.29, 1.82) is 0 Å². The van der Waals surface area contributed by atoms with Gasteiger partial charge in [-0.05, 0) is 48.4 Å². The van der Waals surface area contributed by atoms with Crippen molar-refractivity contribution in [1.82, 2.24) is 5.32 Å². The van der Waals surface area contributed by atoms with E-state index >= 15 is 0 Å².